The first-order chi connectivity index (χ1) is 17.3. The Morgan fingerprint density at radius 2 is 1.92 bits per heavy atom. The van der Waals surface area contributed by atoms with Crippen LogP contribution in [0.25, 0.3) is 0 Å². The fraction of sp³-hybridized carbons (Fsp3) is 0.565. The minimum absolute atomic E-state index is 0.0229. The van der Waals surface area contributed by atoms with E-state index in [1.807, 2.05) is 0 Å². The summed E-state index contributed by atoms with van der Waals surface area (Å²) >= 11 is 6.25. The molecule has 0 unspecified atom stereocenters. The van der Waals surface area contributed by atoms with E-state index in [1.54, 1.807) is 11.8 Å². The lowest BCUT2D eigenvalue weighted by Crippen LogP contribution is -2.70. The van der Waals surface area contributed by atoms with Crippen LogP contribution >= 0.6 is 11.6 Å². The molecule has 5 fully saturated rings. The number of hydrogen-bond donors (Lipinski definition) is 2. The highest BCUT2D eigenvalue weighted by molar-refractivity contribution is 6.33. The number of benzene rings is 1. The molecular weight excluding hydrogens is 525 g/mol. The number of nitrogens with zero attached hydrogens (tertiary/aromatic N) is 3. The Kier molecular flexibility index (Phi) is 5.12. The highest BCUT2D eigenvalue weighted by atomic mass is 35.5. The van der Waals surface area contributed by atoms with E-state index in [2.05, 4.69) is 20.8 Å². The topological polar surface area (TPSA) is 100 Å². The van der Waals surface area contributed by atoms with Gasteiger partial charge in [0.1, 0.15) is 10.8 Å². The van der Waals surface area contributed by atoms with Gasteiger partial charge in [-0.3, -0.25) is 14.9 Å². The van der Waals surface area contributed by atoms with Gasteiger partial charge < -0.3 is 14.6 Å². The standard InChI is InChI=1S/C23H21ClF5N5O3/c1-9-12(30-20-33-32-19(37-20)21-6-22(7-21,8-21)23(27,28)29)5-34(9)13-4-11(25)15(17(26)16(13)24)10-2-3-14(35)31-18(10)36/h4,9-10,12H,2-3,5-8H2,1H3,(H,30,33)(H,31,35,36)/t9-,10+,12+,21?,22?/m1/s1. The molecule has 1 aromatic carbocycles. The average molecular weight is 546 g/mol. The van der Waals surface area contributed by atoms with Gasteiger partial charge in [-0.15, -0.1) is 5.10 Å². The molecule has 37 heavy (non-hydrogen) atoms. The van der Waals surface area contributed by atoms with E-state index in [4.69, 9.17) is 16.0 Å². The fourth-order valence-electron chi connectivity index (χ4n) is 6.16. The van der Waals surface area contributed by atoms with Crippen molar-refractivity contribution in [3.05, 3.63) is 34.2 Å². The molecule has 3 atom stereocenters. The first-order valence-electron chi connectivity index (χ1n) is 11.8. The molecule has 2 aromatic rings. The third kappa shape index (κ3) is 3.45. The van der Waals surface area contributed by atoms with Crippen molar-refractivity contribution in [2.75, 3.05) is 16.8 Å². The third-order valence-electron chi connectivity index (χ3n) is 8.36. The van der Waals surface area contributed by atoms with Crippen LogP contribution in [0.4, 0.5) is 33.7 Å². The first-order valence-corrected chi connectivity index (χ1v) is 12.2. The van der Waals surface area contributed by atoms with Gasteiger partial charge in [-0.25, -0.2) is 8.78 Å². The highest BCUT2D eigenvalue weighted by Gasteiger charge is 2.80. The van der Waals surface area contributed by atoms with Gasteiger partial charge in [-0.2, -0.15) is 13.2 Å². The van der Waals surface area contributed by atoms with Crippen molar-refractivity contribution in [1.29, 1.82) is 0 Å². The van der Waals surface area contributed by atoms with Crippen LogP contribution in [0.5, 0.6) is 0 Å². The first kappa shape index (κ1) is 24.4. The Hall–Kier alpha value is -2.96. The number of hydrogen-bond acceptors (Lipinski definition) is 7. The largest absolute Gasteiger partial charge is 0.408 e. The summed E-state index contributed by atoms with van der Waals surface area (Å²) in [4.78, 5) is 25.2. The van der Waals surface area contributed by atoms with Gasteiger partial charge in [-0.1, -0.05) is 16.7 Å². The van der Waals surface area contributed by atoms with Crippen LogP contribution in [-0.2, 0) is 15.0 Å². The normalized spacial score (nSPS) is 32.8. The minimum Gasteiger partial charge on any atom is -0.408 e. The second-order valence-electron chi connectivity index (χ2n) is 10.6. The van der Waals surface area contributed by atoms with Gasteiger partial charge in [0.05, 0.1) is 28.5 Å². The maximum Gasteiger partial charge on any atom is 0.394 e. The van der Waals surface area contributed by atoms with E-state index < -0.39 is 51.9 Å². The molecule has 3 aliphatic carbocycles. The molecule has 14 heteroatoms. The van der Waals surface area contributed by atoms with E-state index in [1.165, 1.54) is 0 Å². The lowest BCUT2D eigenvalue weighted by atomic mass is 9.34. The Balaban J connectivity index is 1.12. The molecule has 5 aliphatic rings. The van der Waals surface area contributed by atoms with Crippen molar-refractivity contribution in [3.8, 4) is 0 Å². The van der Waals surface area contributed by atoms with Crippen LogP contribution in [-0.4, -0.2) is 46.8 Å². The van der Waals surface area contributed by atoms with Crippen molar-refractivity contribution in [2.45, 2.75) is 68.6 Å². The third-order valence-corrected chi connectivity index (χ3v) is 8.72. The fourth-order valence-corrected chi connectivity index (χ4v) is 6.42. The zero-order chi connectivity index (χ0) is 26.5. The van der Waals surface area contributed by atoms with Crippen LogP contribution in [0.2, 0.25) is 5.02 Å². The zero-order valence-electron chi connectivity index (χ0n) is 19.4. The molecule has 3 saturated carbocycles. The van der Waals surface area contributed by atoms with Crippen LogP contribution in [0.3, 0.4) is 0 Å². The predicted molar refractivity (Wildman–Crippen MR) is 119 cm³/mol. The van der Waals surface area contributed by atoms with Gasteiger partial charge >= 0.3 is 12.2 Å². The molecule has 8 nitrogen and oxygen atoms in total. The molecule has 0 radical (unpaired) electrons. The molecule has 3 heterocycles. The van der Waals surface area contributed by atoms with E-state index in [9.17, 15) is 27.2 Å². The number of carbonyl (C=O) groups excluding carboxylic acids is 2. The molecule has 2 amide bonds. The van der Waals surface area contributed by atoms with Crippen LogP contribution in [0.15, 0.2) is 10.5 Å². The van der Waals surface area contributed by atoms with Crippen LogP contribution in [0.1, 0.15) is 56.4 Å². The second kappa shape index (κ2) is 7.78. The second-order valence-corrected chi connectivity index (χ2v) is 10.9. The van der Waals surface area contributed by atoms with Gasteiger partial charge in [-0.05, 0) is 38.7 Å². The number of aromatic nitrogens is 2. The summed E-state index contributed by atoms with van der Waals surface area (Å²) in [5, 5.41) is 12.6. The zero-order valence-corrected chi connectivity index (χ0v) is 20.1. The van der Waals surface area contributed by atoms with Crippen LogP contribution < -0.4 is 15.5 Å². The number of alkyl halides is 3. The maximum atomic E-state index is 15.1. The van der Waals surface area contributed by atoms with Crippen LogP contribution in [0, 0.1) is 17.0 Å². The molecule has 0 spiro atoms. The smallest absolute Gasteiger partial charge is 0.394 e. The van der Waals surface area contributed by atoms with Gasteiger partial charge in [0, 0.05) is 24.6 Å². The molecule has 198 valence electrons. The predicted octanol–water partition coefficient (Wildman–Crippen LogP) is 4.19. The number of carbonyl (C=O) groups is 2. The summed E-state index contributed by atoms with van der Waals surface area (Å²) in [6, 6.07) is 0.562. The van der Waals surface area contributed by atoms with Crippen molar-refractivity contribution in [2.24, 2.45) is 5.41 Å². The summed E-state index contributed by atoms with van der Waals surface area (Å²) in [5.41, 5.74) is -2.71. The molecule has 2 saturated heterocycles. The summed E-state index contributed by atoms with van der Waals surface area (Å²) in [7, 11) is 0. The molecule has 7 rings (SSSR count). The number of rotatable bonds is 5. The van der Waals surface area contributed by atoms with Crippen molar-refractivity contribution in [1.82, 2.24) is 15.5 Å². The Morgan fingerprint density at radius 1 is 1.22 bits per heavy atom. The maximum absolute atomic E-state index is 15.1. The average Bonchev–Trinajstić information content (AvgIpc) is 3.20. The number of nitrogens with one attached hydrogen (secondary N) is 2. The SMILES string of the molecule is C[C@@H]1[C@@H](Nc2nnc(C34CC(C(F)(F)F)(C3)C4)o2)CN1c1cc(F)c([C@@H]2CCC(=O)NC2=O)c(F)c1Cl. The summed E-state index contributed by atoms with van der Waals surface area (Å²) in [6.45, 7) is 2.06. The number of imide groups is 1. The van der Waals surface area contributed by atoms with E-state index in [0.29, 0.717) is 0 Å². The van der Waals surface area contributed by atoms with Crippen molar-refractivity contribution in [3.63, 3.8) is 0 Å². The molecule has 2 N–H and O–H groups in total. The van der Waals surface area contributed by atoms with Gasteiger partial charge in [0.25, 0.3) is 0 Å². The summed E-state index contributed by atoms with van der Waals surface area (Å²) < 4.78 is 75.1. The summed E-state index contributed by atoms with van der Waals surface area (Å²) in [5.74, 6) is -4.24. The Labute approximate surface area is 211 Å². The van der Waals surface area contributed by atoms with Gasteiger partial charge in [0.2, 0.25) is 17.7 Å². The van der Waals surface area contributed by atoms with E-state index in [0.717, 1.165) is 6.07 Å². The van der Waals surface area contributed by atoms with Crippen molar-refractivity contribution < 1.29 is 36.0 Å². The van der Waals surface area contributed by atoms with Gasteiger partial charge in [0.15, 0.2) is 5.82 Å². The lowest BCUT2D eigenvalue weighted by molar-refractivity contribution is -0.340. The van der Waals surface area contributed by atoms with E-state index >= 15 is 4.39 Å². The quantitative estimate of drug-likeness (QED) is 0.330. The summed E-state index contributed by atoms with van der Waals surface area (Å²) in [6.07, 6.45) is -4.45. The number of halogens is 6. The van der Waals surface area contributed by atoms with Crippen molar-refractivity contribution >= 4 is 35.1 Å². The molecular formula is C23H21ClF5N5O3. The number of amides is 2. The lowest BCUT2D eigenvalue weighted by Gasteiger charge is -2.68. The number of anilines is 2. The molecule has 2 aliphatic heterocycles. The highest BCUT2D eigenvalue weighted by Crippen LogP contribution is 2.78. The number of piperidine rings is 1. The monoisotopic (exact) mass is 545 g/mol. The minimum atomic E-state index is -4.24. The molecule has 1 aromatic heterocycles. The molecule has 2 bridgehead atoms. The Bertz CT molecular complexity index is 1310. The Morgan fingerprint density at radius 3 is 2.54 bits per heavy atom. The van der Waals surface area contributed by atoms with E-state index in [-0.39, 0.29) is 73.3 Å².